The van der Waals surface area contributed by atoms with Crippen molar-refractivity contribution in [1.29, 1.82) is 0 Å². The average Bonchev–Trinajstić information content (AvgIpc) is 2.68. The molecule has 1 amide bonds. The topological polar surface area (TPSA) is 98.3 Å². The smallest absolute Gasteiger partial charge is 0.346 e. The first-order chi connectivity index (χ1) is 13.0. The Hall–Kier alpha value is -2.67. The van der Waals surface area contributed by atoms with Gasteiger partial charge in [0, 0.05) is 30.4 Å². The van der Waals surface area contributed by atoms with E-state index in [0.717, 1.165) is 36.9 Å². The SMILES string of the molecule is Cc1ccc(N(C)c2ccnc(=O)[nH]2)cc1C(=O)NC(O)C1CCCCC1. The van der Waals surface area contributed by atoms with Crippen molar-refractivity contribution in [3.63, 3.8) is 0 Å². The molecule has 1 atom stereocenters. The Balaban J connectivity index is 1.78. The van der Waals surface area contributed by atoms with Crippen LogP contribution in [0, 0.1) is 12.8 Å². The van der Waals surface area contributed by atoms with Crippen molar-refractivity contribution in [2.24, 2.45) is 5.92 Å². The van der Waals surface area contributed by atoms with Gasteiger partial charge in [-0.15, -0.1) is 0 Å². The van der Waals surface area contributed by atoms with Crippen molar-refractivity contribution in [2.75, 3.05) is 11.9 Å². The number of aliphatic hydroxyl groups is 1. The van der Waals surface area contributed by atoms with Gasteiger partial charge >= 0.3 is 5.69 Å². The third-order valence-corrected chi connectivity index (χ3v) is 5.25. The monoisotopic (exact) mass is 370 g/mol. The molecule has 144 valence electrons. The molecule has 0 aliphatic heterocycles. The van der Waals surface area contributed by atoms with Gasteiger partial charge in [0.25, 0.3) is 5.91 Å². The number of nitrogens with one attached hydrogen (secondary N) is 2. The van der Waals surface area contributed by atoms with Crippen LogP contribution in [0.25, 0.3) is 0 Å². The van der Waals surface area contributed by atoms with Gasteiger partial charge in [-0.25, -0.2) is 9.78 Å². The zero-order valence-corrected chi connectivity index (χ0v) is 15.7. The summed E-state index contributed by atoms with van der Waals surface area (Å²) in [7, 11) is 1.80. The number of carbonyl (C=O) groups is 1. The number of benzene rings is 1. The molecule has 1 fully saturated rings. The maximum absolute atomic E-state index is 12.7. The van der Waals surface area contributed by atoms with Crippen molar-refractivity contribution in [1.82, 2.24) is 15.3 Å². The first-order valence-corrected chi connectivity index (χ1v) is 9.34. The predicted molar refractivity (Wildman–Crippen MR) is 104 cm³/mol. The van der Waals surface area contributed by atoms with E-state index in [1.165, 1.54) is 12.6 Å². The fourth-order valence-corrected chi connectivity index (χ4v) is 3.54. The number of hydrogen-bond acceptors (Lipinski definition) is 5. The second-order valence-corrected chi connectivity index (χ2v) is 7.13. The third kappa shape index (κ3) is 4.54. The number of H-pyrrole nitrogens is 1. The number of aliphatic hydroxyl groups excluding tert-OH is 1. The summed E-state index contributed by atoms with van der Waals surface area (Å²) in [6.07, 6.45) is 5.89. The molecule has 1 unspecified atom stereocenters. The zero-order chi connectivity index (χ0) is 19.4. The molecule has 0 bridgehead atoms. The zero-order valence-electron chi connectivity index (χ0n) is 15.7. The highest BCUT2D eigenvalue weighted by Gasteiger charge is 2.24. The number of aromatic amines is 1. The summed E-state index contributed by atoms with van der Waals surface area (Å²) in [5.74, 6) is 0.409. The van der Waals surface area contributed by atoms with E-state index in [1.54, 1.807) is 24.1 Å². The first kappa shape index (κ1) is 19.1. The standard InChI is InChI=1S/C20H26N4O3/c1-13-8-9-15(24(2)17-10-11-21-20(27)22-17)12-16(13)19(26)23-18(25)14-6-4-3-5-7-14/h8-12,14,18,25H,3-7H2,1-2H3,(H,23,26)(H,21,22,27). The molecule has 0 spiro atoms. The molecule has 1 aromatic heterocycles. The molecule has 3 N–H and O–H groups in total. The lowest BCUT2D eigenvalue weighted by Crippen LogP contribution is -2.41. The summed E-state index contributed by atoms with van der Waals surface area (Å²) in [5, 5.41) is 13.1. The van der Waals surface area contributed by atoms with Crippen LogP contribution in [0.4, 0.5) is 11.5 Å². The highest BCUT2D eigenvalue weighted by atomic mass is 16.3. The summed E-state index contributed by atoms with van der Waals surface area (Å²) >= 11 is 0. The normalized spacial score (nSPS) is 16.0. The molecular weight excluding hydrogens is 344 g/mol. The van der Waals surface area contributed by atoms with Crippen LogP contribution >= 0.6 is 0 Å². The fraction of sp³-hybridized carbons (Fsp3) is 0.450. The van der Waals surface area contributed by atoms with Gasteiger partial charge in [0.15, 0.2) is 0 Å². The van der Waals surface area contributed by atoms with E-state index in [4.69, 9.17) is 0 Å². The van der Waals surface area contributed by atoms with E-state index in [0.29, 0.717) is 11.4 Å². The van der Waals surface area contributed by atoms with E-state index in [1.807, 2.05) is 19.1 Å². The van der Waals surface area contributed by atoms with E-state index in [9.17, 15) is 14.7 Å². The molecule has 1 saturated carbocycles. The van der Waals surface area contributed by atoms with Crippen molar-refractivity contribution in [3.05, 3.63) is 52.1 Å². The van der Waals surface area contributed by atoms with Crippen LogP contribution in [0.15, 0.2) is 35.3 Å². The van der Waals surface area contributed by atoms with Crippen LogP contribution in [0.1, 0.15) is 48.0 Å². The van der Waals surface area contributed by atoms with Crippen LogP contribution in [-0.2, 0) is 0 Å². The van der Waals surface area contributed by atoms with Crippen LogP contribution in [0.2, 0.25) is 0 Å². The number of carbonyl (C=O) groups excluding carboxylic acids is 1. The summed E-state index contributed by atoms with van der Waals surface area (Å²) in [6, 6.07) is 7.18. The lowest BCUT2D eigenvalue weighted by atomic mass is 9.88. The molecule has 1 aliphatic rings. The molecule has 3 rings (SSSR count). The molecule has 1 heterocycles. The quantitative estimate of drug-likeness (QED) is 0.703. The maximum Gasteiger partial charge on any atom is 0.346 e. The molecule has 7 nitrogen and oxygen atoms in total. The third-order valence-electron chi connectivity index (χ3n) is 5.25. The number of nitrogens with zero attached hydrogens (tertiary/aromatic N) is 2. The van der Waals surface area contributed by atoms with E-state index in [-0.39, 0.29) is 11.8 Å². The van der Waals surface area contributed by atoms with Crippen LogP contribution in [-0.4, -0.2) is 34.3 Å². The van der Waals surface area contributed by atoms with Crippen molar-refractivity contribution in [2.45, 2.75) is 45.3 Å². The van der Waals surface area contributed by atoms with Gasteiger partial charge in [0.1, 0.15) is 12.0 Å². The van der Waals surface area contributed by atoms with E-state index < -0.39 is 11.9 Å². The number of hydrogen-bond donors (Lipinski definition) is 3. The minimum absolute atomic E-state index is 0.121. The Morgan fingerprint density at radius 1 is 1.30 bits per heavy atom. The Morgan fingerprint density at radius 3 is 2.74 bits per heavy atom. The first-order valence-electron chi connectivity index (χ1n) is 9.34. The molecule has 1 aromatic carbocycles. The molecule has 1 aliphatic carbocycles. The van der Waals surface area contributed by atoms with Gasteiger partial charge in [-0.2, -0.15) is 0 Å². The Kier molecular flexibility index (Phi) is 5.91. The van der Waals surface area contributed by atoms with Gasteiger partial charge in [0.2, 0.25) is 0 Å². The lowest BCUT2D eigenvalue weighted by Gasteiger charge is -2.27. The summed E-state index contributed by atoms with van der Waals surface area (Å²) in [6.45, 7) is 1.86. The van der Waals surface area contributed by atoms with Crippen LogP contribution in [0.5, 0.6) is 0 Å². The summed E-state index contributed by atoms with van der Waals surface area (Å²) in [4.78, 5) is 32.2. The number of aryl methyl sites for hydroxylation is 1. The second-order valence-electron chi connectivity index (χ2n) is 7.13. The molecule has 2 aromatic rings. The Morgan fingerprint density at radius 2 is 2.04 bits per heavy atom. The second kappa shape index (κ2) is 8.35. The molecule has 7 heteroatoms. The minimum atomic E-state index is -0.824. The van der Waals surface area contributed by atoms with Gasteiger partial charge in [0.05, 0.1) is 0 Å². The Bertz CT molecular complexity index is 858. The van der Waals surface area contributed by atoms with Gasteiger partial charge in [-0.05, 0) is 43.5 Å². The number of anilines is 2. The lowest BCUT2D eigenvalue weighted by molar-refractivity contribution is 0.0463. The van der Waals surface area contributed by atoms with Crippen LogP contribution in [0.3, 0.4) is 0 Å². The molecule has 0 radical (unpaired) electrons. The average molecular weight is 370 g/mol. The molecule has 0 saturated heterocycles. The van der Waals surface area contributed by atoms with Crippen LogP contribution < -0.4 is 15.9 Å². The van der Waals surface area contributed by atoms with Crippen molar-refractivity contribution < 1.29 is 9.90 Å². The summed E-state index contributed by atoms with van der Waals surface area (Å²) in [5.41, 5.74) is 1.65. The van der Waals surface area contributed by atoms with E-state index in [2.05, 4.69) is 15.3 Å². The number of amides is 1. The minimum Gasteiger partial charge on any atom is -0.373 e. The highest BCUT2D eigenvalue weighted by molar-refractivity contribution is 5.96. The highest BCUT2D eigenvalue weighted by Crippen LogP contribution is 2.27. The summed E-state index contributed by atoms with van der Waals surface area (Å²) < 4.78 is 0. The number of aromatic nitrogens is 2. The maximum atomic E-state index is 12.7. The fourth-order valence-electron chi connectivity index (χ4n) is 3.54. The van der Waals surface area contributed by atoms with Gasteiger partial charge in [-0.1, -0.05) is 25.3 Å². The predicted octanol–water partition coefficient (Wildman–Crippen LogP) is 2.47. The molecular formula is C20H26N4O3. The largest absolute Gasteiger partial charge is 0.373 e. The number of rotatable bonds is 5. The molecule has 27 heavy (non-hydrogen) atoms. The Labute approximate surface area is 158 Å². The van der Waals surface area contributed by atoms with Crippen molar-refractivity contribution in [3.8, 4) is 0 Å². The van der Waals surface area contributed by atoms with E-state index >= 15 is 0 Å². The van der Waals surface area contributed by atoms with Gasteiger partial charge < -0.3 is 15.3 Å². The van der Waals surface area contributed by atoms with Crippen molar-refractivity contribution >= 4 is 17.4 Å². The van der Waals surface area contributed by atoms with Gasteiger partial charge in [-0.3, -0.25) is 9.78 Å².